The number of piperazine rings is 1. The highest BCUT2D eigenvalue weighted by Crippen LogP contribution is 2.39. The molecule has 14 heteroatoms. The molecule has 3 unspecified atom stereocenters. The number of rotatable bonds is 12. The van der Waals surface area contributed by atoms with Gasteiger partial charge in [0, 0.05) is 80.7 Å². The van der Waals surface area contributed by atoms with E-state index in [1.54, 1.807) is 18.3 Å². The van der Waals surface area contributed by atoms with Crippen LogP contribution in [-0.4, -0.2) is 106 Å². The topological polar surface area (TPSA) is 170 Å². The van der Waals surface area contributed by atoms with E-state index in [1.165, 1.54) is 11.8 Å². The van der Waals surface area contributed by atoms with E-state index in [0.717, 1.165) is 76.0 Å². The van der Waals surface area contributed by atoms with Crippen molar-refractivity contribution in [3.63, 3.8) is 0 Å². The Balaban J connectivity index is 1.04. The van der Waals surface area contributed by atoms with Crippen LogP contribution in [0.25, 0.3) is 0 Å². The minimum absolute atomic E-state index is 0.0530. The zero-order chi connectivity index (χ0) is 37.0. The maximum atomic E-state index is 13.4. The average molecular weight is 731 g/mol. The van der Waals surface area contributed by atoms with Crippen LogP contribution >= 0.6 is 0 Å². The molecule has 1 saturated carbocycles. The number of piperidine rings is 1. The molecule has 6 rings (SSSR count). The SMILES string of the molecule is C[C@H](NC(=O)c1ccc(N2CCCC3CC(NC(=O)c4ccc(C(N)=O)c(NCCS(C)(=O)=O)c4)CC32)nc1)c1ccc(N2CCN(C)CC2)cc1. The standard InChI is InChI=1S/C38H50N8O5S/c1-25(26-6-10-31(11-7-26)45-18-16-44(2)17-19-45)42-38(49)29-9-13-35(41-24-29)46-15-4-5-27-21-30(23-34(27)46)43-37(48)28-8-12-32(36(39)47)33(22-28)40-14-20-52(3,50)51/h6-13,22,24-25,27,30,34,40H,4-5,14-21,23H2,1-3H3,(H2,39,47)(H,42,49)(H,43,48)/t25-,27?,30?,34?/m0/s1. The van der Waals surface area contributed by atoms with Crippen LogP contribution in [0.3, 0.4) is 0 Å². The number of likely N-dealkylation sites (N-methyl/N-ethyl adjacent to an activating group) is 1. The van der Waals surface area contributed by atoms with Crippen molar-refractivity contribution in [1.82, 2.24) is 20.5 Å². The summed E-state index contributed by atoms with van der Waals surface area (Å²) in [6, 6.07) is 16.7. The molecule has 52 heavy (non-hydrogen) atoms. The lowest BCUT2D eigenvalue weighted by molar-refractivity contribution is 0.0929. The molecule has 3 fully saturated rings. The molecule has 3 amide bonds. The van der Waals surface area contributed by atoms with Gasteiger partial charge in [-0.3, -0.25) is 14.4 Å². The molecule has 13 nitrogen and oxygen atoms in total. The van der Waals surface area contributed by atoms with Gasteiger partial charge in [-0.05, 0) is 93.6 Å². The zero-order valence-electron chi connectivity index (χ0n) is 30.2. The number of fused-ring (bicyclic) bond motifs is 1. The van der Waals surface area contributed by atoms with Crippen LogP contribution in [0.1, 0.15) is 75.3 Å². The summed E-state index contributed by atoms with van der Waals surface area (Å²) in [5, 5.41) is 9.23. The van der Waals surface area contributed by atoms with Crippen LogP contribution in [-0.2, 0) is 9.84 Å². The highest BCUT2D eigenvalue weighted by atomic mass is 32.2. The van der Waals surface area contributed by atoms with Crippen molar-refractivity contribution in [3.05, 3.63) is 83.0 Å². The van der Waals surface area contributed by atoms with Gasteiger partial charge in [-0.2, -0.15) is 0 Å². The van der Waals surface area contributed by atoms with E-state index in [-0.39, 0.29) is 47.8 Å². The molecule has 0 radical (unpaired) electrons. The van der Waals surface area contributed by atoms with Crippen molar-refractivity contribution >= 4 is 44.8 Å². The van der Waals surface area contributed by atoms with Crippen molar-refractivity contribution in [1.29, 1.82) is 0 Å². The van der Waals surface area contributed by atoms with Gasteiger partial charge in [-0.15, -0.1) is 0 Å². The normalized spacial score (nSPS) is 21.2. The third-order valence-electron chi connectivity index (χ3n) is 10.6. The van der Waals surface area contributed by atoms with Gasteiger partial charge in [0.05, 0.1) is 22.9 Å². The first-order chi connectivity index (χ1) is 24.8. The summed E-state index contributed by atoms with van der Waals surface area (Å²) in [5.41, 5.74) is 9.13. The van der Waals surface area contributed by atoms with Crippen LogP contribution in [0, 0.1) is 5.92 Å². The molecule has 0 spiro atoms. The first-order valence-corrected chi connectivity index (χ1v) is 20.1. The molecular weight excluding hydrogens is 681 g/mol. The second-order valence-corrected chi connectivity index (χ2v) is 16.7. The predicted molar refractivity (Wildman–Crippen MR) is 204 cm³/mol. The van der Waals surface area contributed by atoms with E-state index in [1.807, 2.05) is 19.1 Å². The second kappa shape index (κ2) is 15.9. The van der Waals surface area contributed by atoms with Crippen LogP contribution in [0.15, 0.2) is 60.8 Å². The number of amides is 3. The number of primary amides is 1. The van der Waals surface area contributed by atoms with Crippen molar-refractivity contribution in [2.75, 3.05) is 73.4 Å². The van der Waals surface area contributed by atoms with E-state index in [2.05, 4.69) is 62.0 Å². The van der Waals surface area contributed by atoms with Crippen LogP contribution in [0.2, 0.25) is 0 Å². The van der Waals surface area contributed by atoms with Gasteiger partial charge in [0.1, 0.15) is 15.7 Å². The number of anilines is 3. The van der Waals surface area contributed by atoms with Gasteiger partial charge in [0.2, 0.25) is 0 Å². The highest BCUT2D eigenvalue weighted by Gasteiger charge is 2.41. The summed E-state index contributed by atoms with van der Waals surface area (Å²) in [5.74, 6) is -0.0402. The fourth-order valence-electron chi connectivity index (χ4n) is 7.67. The summed E-state index contributed by atoms with van der Waals surface area (Å²) in [4.78, 5) is 50.3. The fraction of sp³-hybridized carbons (Fsp3) is 0.474. The number of carbonyl (C=O) groups excluding carboxylic acids is 3. The van der Waals surface area contributed by atoms with Gasteiger partial charge >= 0.3 is 0 Å². The molecule has 0 bridgehead atoms. The molecule has 2 aliphatic heterocycles. The summed E-state index contributed by atoms with van der Waals surface area (Å²) < 4.78 is 23.2. The monoisotopic (exact) mass is 730 g/mol. The van der Waals surface area contributed by atoms with Crippen molar-refractivity contribution in [2.24, 2.45) is 11.7 Å². The number of carbonyl (C=O) groups is 3. The zero-order valence-corrected chi connectivity index (χ0v) is 31.0. The Morgan fingerprint density at radius 2 is 1.67 bits per heavy atom. The molecular formula is C38H50N8O5S. The van der Waals surface area contributed by atoms with E-state index in [0.29, 0.717) is 22.7 Å². The number of nitrogens with two attached hydrogens (primary N) is 1. The number of nitrogens with zero attached hydrogens (tertiary/aromatic N) is 4. The minimum Gasteiger partial charge on any atom is -0.383 e. The molecule has 1 aromatic heterocycles. The molecule has 1 aliphatic carbocycles. The quantitative estimate of drug-likeness (QED) is 0.217. The maximum absolute atomic E-state index is 13.4. The van der Waals surface area contributed by atoms with Crippen LogP contribution in [0.5, 0.6) is 0 Å². The van der Waals surface area contributed by atoms with Crippen LogP contribution in [0.4, 0.5) is 17.2 Å². The predicted octanol–water partition coefficient (Wildman–Crippen LogP) is 3.06. The Morgan fingerprint density at radius 3 is 2.35 bits per heavy atom. The van der Waals surface area contributed by atoms with Crippen LogP contribution < -0.4 is 31.5 Å². The first kappa shape index (κ1) is 37.1. The Bertz CT molecular complexity index is 1860. The largest absolute Gasteiger partial charge is 0.383 e. The van der Waals surface area contributed by atoms with Crippen molar-refractivity contribution in [3.8, 4) is 0 Å². The summed E-state index contributed by atoms with van der Waals surface area (Å²) in [6.45, 7) is 7.03. The van der Waals surface area contributed by atoms with Crippen molar-refractivity contribution < 1.29 is 22.8 Å². The molecule has 278 valence electrons. The summed E-state index contributed by atoms with van der Waals surface area (Å²) in [6.07, 6.45) is 6.43. The summed E-state index contributed by atoms with van der Waals surface area (Å²) >= 11 is 0. The third-order valence-corrected chi connectivity index (χ3v) is 11.6. The molecule has 2 saturated heterocycles. The molecule has 5 N–H and O–H groups in total. The lowest BCUT2D eigenvalue weighted by Gasteiger charge is -2.38. The number of pyridine rings is 1. The Kier molecular flexibility index (Phi) is 11.3. The molecule has 3 heterocycles. The van der Waals surface area contributed by atoms with Gasteiger partial charge in [0.15, 0.2) is 0 Å². The molecule has 2 aromatic carbocycles. The number of nitrogens with one attached hydrogen (secondary N) is 3. The smallest absolute Gasteiger partial charge is 0.253 e. The number of hydrogen-bond acceptors (Lipinski definition) is 10. The number of aromatic nitrogens is 1. The maximum Gasteiger partial charge on any atom is 0.253 e. The lowest BCUT2D eigenvalue weighted by Crippen LogP contribution is -2.44. The number of benzene rings is 2. The summed E-state index contributed by atoms with van der Waals surface area (Å²) in [7, 11) is -1.07. The van der Waals surface area contributed by atoms with Gasteiger partial charge in [0.25, 0.3) is 17.7 Å². The highest BCUT2D eigenvalue weighted by molar-refractivity contribution is 7.90. The fourth-order valence-corrected chi connectivity index (χ4v) is 8.14. The van der Waals surface area contributed by atoms with E-state index in [9.17, 15) is 22.8 Å². The Labute approximate surface area is 306 Å². The van der Waals surface area contributed by atoms with Gasteiger partial charge in [-0.1, -0.05) is 12.1 Å². The number of sulfone groups is 1. The molecule has 4 atom stereocenters. The van der Waals surface area contributed by atoms with Gasteiger partial charge < -0.3 is 36.4 Å². The molecule has 3 aromatic rings. The Hall–Kier alpha value is -4.69. The van der Waals surface area contributed by atoms with Crippen molar-refractivity contribution in [2.45, 2.75) is 50.7 Å². The second-order valence-electron chi connectivity index (χ2n) is 14.5. The van der Waals surface area contributed by atoms with E-state index < -0.39 is 15.7 Å². The Morgan fingerprint density at radius 1 is 0.942 bits per heavy atom. The molecule has 3 aliphatic rings. The van der Waals surface area contributed by atoms with Gasteiger partial charge in [-0.25, -0.2) is 13.4 Å². The number of hydrogen-bond donors (Lipinski definition) is 4. The third kappa shape index (κ3) is 9.02. The minimum atomic E-state index is -3.22. The first-order valence-electron chi connectivity index (χ1n) is 18.1. The van der Waals surface area contributed by atoms with E-state index in [4.69, 9.17) is 10.7 Å². The lowest BCUT2D eigenvalue weighted by atomic mass is 9.92. The van der Waals surface area contributed by atoms with E-state index >= 15 is 0 Å². The average Bonchev–Trinajstić information content (AvgIpc) is 3.54.